The van der Waals surface area contributed by atoms with Crippen LogP contribution in [-0.4, -0.2) is 21.1 Å². The average molecular weight is 448 g/mol. The van der Waals surface area contributed by atoms with Crippen LogP contribution >= 0.6 is 34.8 Å². The number of anilines is 1. The Bertz CT molecular complexity index is 1010. The summed E-state index contributed by atoms with van der Waals surface area (Å²) in [7, 11) is 0. The summed E-state index contributed by atoms with van der Waals surface area (Å²) in [5.41, 5.74) is 5.26. The molecule has 0 spiro atoms. The second kappa shape index (κ2) is 8.59. The predicted octanol–water partition coefficient (Wildman–Crippen LogP) is 4.08. The number of carbonyl (C=O) groups excluding carboxylic acids is 1. The van der Waals surface area contributed by atoms with Crippen molar-refractivity contribution < 1.29 is 23.2 Å². The second-order valence-electron chi connectivity index (χ2n) is 5.22. The number of rotatable bonds is 6. The molecule has 2 aromatic heterocycles. The van der Waals surface area contributed by atoms with Gasteiger partial charge in [0.2, 0.25) is 5.82 Å². The molecule has 3 aromatic rings. The molecule has 146 valence electrons. The fraction of sp³-hybridized carbons (Fsp3) is 0.125. The second-order valence-corrected chi connectivity index (χ2v) is 6.33. The number of hydrogen-bond acceptors (Lipinski definition) is 8. The summed E-state index contributed by atoms with van der Waals surface area (Å²) in [6.45, 7) is -0.375. The number of pyridine rings is 1. The zero-order valence-corrected chi connectivity index (χ0v) is 16.1. The molecule has 0 fully saturated rings. The summed E-state index contributed by atoms with van der Waals surface area (Å²) in [6.07, 6.45) is 0. The van der Waals surface area contributed by atoms with Gasteiger partial charge in [-0.05, 0) is 24.3 Å². The van der Waals surface area contributed by atoms with Gasteiger partial charge in [-0.25, -0.2) is 14.2 Å². The monoisotopic (exact) mass is 446 g/mol. The van der Waals surface area contributed by atoms with Crippen LogP contribution in [-0.2, 0) is 18.0 Å². The van der Waals surface area contributed by atoms with E-state index in [0.717, 1.165) is 0 Å². The van der Waals surface area contributed by atoms with Crippen LogP contribution in [0.1, 0.15) is 22.2 Å². The van der Waals surface area contributed by atoms with Crippen LogP contribution in [0.4, 0.5) is 10.1 Å². The van der Waals surface area contributed by atoms with Crippen molar-refractivity contribution in [3.63, 3.8) is 0 Å². The molecule has 0 bridgehead atoms. The molecule has 3 rings (SSSR count). The number of aromatic nitrogens is 3. The maximum atomic E-state index is 12.8. The van der Waals surface area contributed by atoms with Crippen molar-refractivity contribution >= 4 is 46.5 Å². The molecule has 12 heteroatoms. The Balaban J connectivity index is 1.58. The van der Waals surface area contributed by atoms with E-state index in [-0.39, 0.29) is 57.3 Å². The molecule has 0 aliphatic carbocycles. The van der Waals surface area contributed by atoms with E-state index in [4.69, 9.17) is 54.5 Å². The van der Waals surface area contributed by atoms with Gasteiger partial charge in [-0.3, -0.25) is 0 Å². The Morgan fingerprint density at radius 3 is 2.54 bits per heavy atom. The molecule has 2 N–H and O–H groups in total. The van der Waals surface area contributed by atoms with Crippen LogP contribution in [0.5, 0.6) is 5.75 Å². The number of benzene rings is 1. The number of carbonyl (C=O) groups is 1. The molecular formula is C16H10Cl3FN4O4. The predicted molar refractivity (Wildman–Crippen MR) is 97.8 cm³/mol. The minimum atomic E-state index is -0.905. The maximum absolute atomic E-state index is 12.8. The van der Waals surface area contributed by atoms with E-state index < -0.39 is 5.97 Å². The molecule has 8 nitrogen and oxygen atoms in total. The number of nitrogens with zero attached hydrogens (tertiary/aromatic N) is 3. The van der Waals surface area contributed by atoms with Gasteiger partial charge < -0.3 is 19.7 Å². The summed E-state index contributed by atoms with van der Waals surface area (Å²) < 4.78 is 28.2. The normalized spacial score (nSPS) is 10.7. The smallest absolute Gasteiger partial charge is 0.359 e. The lowest BCUT2D eigenvalue weighted by molar-refractivity contribution is 0.0423. The molecule has 0 unspecified atom stereocenters. The number of nitrogen functional groups attached to an aromatic ring is 1. The fourth-order valence-corrected chi connectivity index (χ4v) is 2.53. The standard InChI is InChI=1S/C16H10Cl3FN4O4/c17-11-13(21)12(18)15(19)23-14(11)16(25)27-6-10-22-9(24-28-10)5-26-8-3-1-7(20)2-4-8/h1-4H,5-6H2,(H2,21,23). The maximum Gasteiger partial charge on any atom is 0.359 e. The van der Waals surface area contributed by atoms with E-state index >= 15 is 0 Å². The van der Waals surface area contributed by atoms with Gasteiger partial charge in [0.1, 0.15) is 16.6 Å². The third kappa shape index (κ3) is 4.61. The highest BCUT2D eigenvalue weighted by molar-refractivity contribution is 6.46. The lowest BCUT2D eigenvalue weighted by Gasteiger charge is -2.08. The quantitative estimate of drug-likeness (QED) is 0.444. The molecule has 0 amide bonds. The highest BCUT2D eigenvalue weighted by Crippen LogP contribution is 2.34. The lowest BCUT2D eigenvalue weighted by atomic mass is 10.3. The molecule has 0 aliphatic rings. The zero-order valence-electron chi connectivity index (χ0n) is 13.8. The van der Waals surface area contributed by atoms with Gasteiger partial charge in [0.15, 0.2) is 24.1 Å². The first-order chi connectivity index (χ1) is 13.3. The van der Waals surface area contributed by atoms with E-state index in [0.29, 0.717) is 5.75 Å². The summed E-state index contributed by atoms with van der Waals surface area (Å²) in [4.78, 5) is 19.9. The van der Waals surface area contributed by atoms with E-state index in [1.807, 2.05) is 0 Å². The van der Waals surface area contributed by atoms with Crippen molar-refractivity contribution in [2.75, 3.05) is 5.73 Å². The summed E-state index contributed by atoms with van der Waals surface area (Å²) in [5, 5.41) is 3.25. The molecule has 0 saturated carbocycles. The van der Waals surface area contributed by atoms with E-state index in [2.05, 4.69) is 15.1 Å². The highest BCUT2D eigenvalue weighted by Gasteiger charge is 2.21. The van der Waals surface area contributed by atoms with E-state index in [9.17, 15) is 9.18 Å². The van der Waals surface area contributed by atoms with Crippen LogP contribution < -0.4 is 10.5 Å². The highest BCUT2D eigenvalue weighted by atomic mass is 35.5. The topological polar surface area (TPSA) is 113 Å². The van der Waals surface area contributed by atoms with Gasteiger partial charge in [-0.1, -0.05) is 40.0 Å². The SMILES string of the molecule is Nc1c(Cl)c(Cl)nc(C(=O)OCc2nc(COc3ccc(F)cc3)no2)c1Cl. The number of esters is 1. The van der Waals surface area contributed by atoms with Crippen LogP contribution in [0.25, 0.3) is 0 Å². The summed E-state index contributed by atoms with van der Waals surface area (Å²) in [6, 6.07) is 5.42. The Morgan fingerprint density at radius 1 is 1.11 bits per heavy atom. The first-order valence-corrected chi connectivity index (χ1v) is 8.65. The minimum Gasteiger partial charge on any atom is -0.485 e. The van der Waals surface area contributed by atoms with Crippen molar-refractivity contribution in [3.8, 4) is 5.75 Å². The van der Waals surface area contributed by atoms with E-state index in [1.54, 1.807) is 0 Å². The number of nitrogens with two attached hydrogens (primary N) is 1. The van der Waals surface area contributed by atoms with Gasteiger partial charge in [0.25, 0.3) is 5.89 Å². The van der Waals surface area contributed by atoms with E-state index in [1.165, 1.54) is 24.3 Å². The van der Waals surface area contributed by atoms with Gasteiger partial charge in [0.05, 0.1) is 10.7 Å². The van der Waals surface area contributed by atoms with Crippen molar-refractivity contribution in [1.82, 2.24) is 15.1 Å². The summed E-state index contributed by atoms with van der Waals surface area (Å²) in [5.74, 6) is -0.649. The largest absolute Gasteiger partial charge is 0.485 e. The first-order valence-electron chi connectivity index (χ1n) is 7.52. The van der Waals surface area contributed by atoms with Crippen LogP contribution in [0.2, 0.25) is 15.2 Å². The molecular weight excluding hydrogens is 438 g/mol. The Morgan fingerprint density at radius 2 is 1.82 bits per heavy atom. The number of hydrogen-bond donors (Lipinski definition) is 1. The number of ether oxygens (including phenoxy) is 2. The summed E-state index contributed by atoms with van der Waals surface area (Å²) >= 11 is 17.5. The lowest BCUT2D eigenvalue weighted by Crippen LogP contribution is -2.10. The molecule has 28 heavy (non-hydrogen) atoms. The zero-order chi connectivity index (χ0) is 20.3. The van der Waals surface area contributed by atoms with Gasteiger partial charge in [0, 0.05) is 0 Å². The first kappa shape index (κ1) is 20.1. The fourth-order valence-electron chi connectivity index (χ4n) is 1.95. The molecule has 0 aliphatic heterocycles. The van der Waals surface area contributed by atoms with Gasteiger partial charge in [-0.15, -0.1) is 0 Å². The average Bonchev–Trinajstić information content (AvgIpc) is 3.14. The molecule has 2 heterocycles. The Kier molecular flexibility index (Phi) is 6.18. The van der Waals surface area contributed by atoms with Crippen molar-refractivity contribution in [2.24, 2.45) is 0 Å². The minimum absolute atomic E-state index is 0.00945. The third-order valence-corrected chi connectivity index (χ3v) is 4.42. The van der Waals surface area contributed by atoms with Gasteiger partial charge in [-0.2, -0.15) is 4.98 Å². The number of halogens is 4. The van der Waals surface area contributed by atoms with Crippen molar-refractivity contribution in [3.05, 3.63) is 62.7 Å². The molecule has 0 radical (unpaired) electrons. The third-order valence-electron chi connectivity index (χ3n) is 3.28. The van der Waals surface area contributed by atoms with Gasteiger partial charge >= 0.3 is 5.97 Å². The molecule has 0 atom stereocenters. The van der Waals surface area contributed by atoms with Crippen molar-refractivity contribution in [2.45, 2.75) is 13.2 Å². The molecule has 0 saturated heterocycles. The van der Waals surface area contributed by atoms with Crippen LogP contribution in [0.15, 0.2) is 28.8 Å². The molecule has 1 aromatic carbocycles. The Hall–Kier alpha value is -2.62. The Labute approximate surface area is 172 Å². The van der Waals surface area contributed by atoms with Crippen LogP contribution in [0, 0.1) is 5.82 Å². The van der Waals surface area contributed by atoms with Crippen LogP contribution in [0.3, 0.4) is 0 Å². The van der Waals surface area contributed by atoms with Crippen molar-refractivity contribution in [1.29, 1.82) is 0 Å².